The van der Waals surface area contributed by atoms with Crippen LogP contribution in [0.1, 0.15) is 19.8 Å². The Bertz CT molecular complexity index is 557. The summed E-state index contributed by atoms with van der Waals surface area (Å²) >= 11 is 2.30. The first kappa shape index (κ1) is 11.3. The summed E-state index contributed by atoms with van der Waals surface area (Å²) in [4.78, 5) is 4.44. The second-order valence-corrected chi connectivity index (χ2v) is 6.27. The highest BCUT2D eigenvalue weighted by molar-refractivity contribution is 14.1. The molecule has 1 fully saturated rings. The van der Waals surface area contributed by atoms with Crippen molar-refractivity contribution in [1.29, 1.82) is 0 Å². The zero-order valence-corrected chi connectivity index (χ0v) is 12.0. The van der Waals surface area contributed by atoms with Crippen molar-refractivity contribution in [3.8, 4) is 0 Å². The second-order valence-electron chi connectivity index (χ2n) is 5.03. The summed E-state index contributed by atoms with van der Waals surface area (Å²) in [6.07, 6.45) is 2.76. The van der Waals surface area contributed by atoms with E-state index in [0.29, 0.717) is 11.9 Å². The molecule has 0 saturated heterocycles. The van der Waals surface area contributed by atoms with Crippen molar-refractivity contribution in [2.75, 3.05) is 5.73 Å². The van der Waals surface area contributed by atoms with E-state index >= 15 is 0 Å². The molecule has 1 heterocycles. The predicted molar refractivity (Wildman–Crippen MR) is 78.8 cm³/mol. The minimum atomic E-state index is 0.648. The van der Waals surface area contributed by atoms with Gasteiger partial charge in [0, 0.05) is 10.1 Å². The Hall–Kier alpha value is -0.780. The molecule has 0 aliphatic heterocycles. The Morgan fingerprint density at radius 1 is 1.53 bits per heavy atom. The SMILES string of the molecule is CC(Cn1c(N)nc2cc(I)ccc21)C1CC1. The average molecular weight is 341 g/mol. The van der Waals surface area contributed by atoms with Crippen LogP contribution in [0.15, 0.2) is 18.2 Å². The van der Waals surface area contributed by atoms with Crippen LogP contribution in [-0.2, 0) is 6.54 Å². The number of rotatable bonds is 3. The Labute approximate surface area is 115 Å². The summed E-state index contributed by atoms with van der Waals surface area (Å²) < 4.78 is 3.36. The smallest absolute Gasteiger partial charge is 0.201 e. The van der Waals surface area contributed by atoms with Crippen molar-refractivity contribution in [3.63, 3.8) is 0 Å². The maximum Gasteiger partial charge on any atom is 0.201 e. The van der Waals surface area contributed by atoms with Gasteiger partial charge >= 0.3 is 0 Å². The van der Waals surface area contributed by atoms with Gasteiger partial charge in [-0.25, -0.2) is 4.98 Å². The number of nitrogens with two attached hydrogens (primary N) is 1. The van der Waals surface area contributed by atoms with Gasteiger partial charge in [-0.05, 0) is 65.5 Å². The Morgan fingerprint density at radius 2 is 2.29 bits per heavy atom. The fourth-order valence-electron chi connectivity index (χ4n) is 2.42. The van der Waals surface area contributed by atoms with E-state index in [9.17, 15) is 0 Å². The van der Waals surface area contributed by atoms with E-state index in [1.54, 1.807) is 0 Å². The monoisotopic (exact) mass is 341 g/mol. The van der Waals surface area contributed by atoms with E-state index in [1.165, 1.54) is 16.4 Å². The molecule has 0 bridgehead atoms. The number of halogens is 1. The topological polar surface area (TPSA) is 43.8 Å². The molecule has 3 rings (SSSR count). The van der Waals surface area contributed by atoms with Gasteiger partial charge in [-0.2, -0.15) is 0 Å². The third-order valence-electron chi connectivity index (χ3n) is 3.64. The van der Waals surface area contributed by atoms with E-state index < -0.39 is 0 Å². The molecule has 0 amide bonds. The van der Waals surface area contributed by atoms with Crippen LogP contribution in [-0.4, -0.2) is 9.55 Å². The lowest BCUT2D eigenvalue weighted by Crippen LogP contribution is -2.11. The normalized spacial score (nSPS) is 17.5. The van der Waals surface area contributed by atoms with Gasteiger partial charge < -0.3 is 10.3 Å². The second kappa shape index (κ2) is 4.15. The van der Waals surface area contributed by atoms with Crippen LogP contribution in [0.25, 0.3) is 11.0 Å². The standard InChI is InChI=1S/C13H16IN3/c1-8(9-2-3-9)7-17-12-5-4-10(14)6-11(12)16-13(17)15/h4-6,8-9H,2-3,7H2,1H3,(H2,15,16). The summed E-state index contributed by atoms with van der Waals surface area (Å²) in [5.41, 5.74) is 8.20. The van der Waals surface area contributed by atoms with E-state index in [4.69, 9.17) is 5.73 Å². The summed E-state index contributed by atoms with van der Waals surface area (Å²) in [5.74, 6) is 2.25. The summed E-state index contributed by atoms with van der Waals surface area (Å²) in [6.45, 7) is 3.31. The van der Waals surface area contributed by atoms with Gasteiger partial charge in [-0.15, -0.1) is 0 Å². The van der Waals surface area contributed by atoms with Crippen LogP contribution in [0.2, 0.25) is 0 Å². The van der Waals surface area contributed by atoms with Crippen molar-refractivity contribution >= 4 is 39.6 Å². The Kier molecular flexibility index (Phi) is 2.77. The van der Waals surface area contributed by atoms with Crippen molar-refractivity contribution < 1.29 is 0 Å². The lowest BCUT2D eigenvalue weighted by Gasteiger charge is -2.12. The molecular formula is C13H16IN3. The Morgan fingerprint density at radius 3 is 3.00 bits per heavy atom. The van der Waals surface area contributed by atoms with Crippen LogP contribution < -0.4 is 5.73 Å². The molecule has 2 aromatic rings. The highest BCUT2D eigenvalue weighted by Crippen LogP contribution is 2.38. The zero-order valence-electron chi connectivity index (χ0n) is 9.86. The van der Waals surface area contributed by atoms with Crippen LogP contribution in [0, 0.1) is 15.4 Å². The molecule has 3 nitrogen and oxygen atoms in total. The van der Waals surface area contributed by atoms with E-state index in [0.717, 1.165) is 23.5 Å². The van der Waals surface area contributed by atoms with Gasteiger partial charge in [0.05, 0.1) is 11.0 Å². The van der Waals surface area contributed by atoms with Crippen molar-refractivity contribution in [2.24, 2.45) is 11.8 Å². The minimum absolute atomic E-state index is 0.648. The minimum Gasteiger partial charge on any atom is -0.369 e. The number of fused-ring (bicyclic) bond motifs is 1. The van der Waals surface area contributed by atoms with Crippen LogP contribution >= 0.6 is 22.6 Å². The number of hydrogen-bond donors (Lipinski definition) is 1. The average Bonchev–Trinajstić information content (AvgIpc) is 3.06. The first-order valence-electron chi connectivity index (χ1n) is 6.06. The van der Waals surface area contributed by atoms with Gasteiger partial charge in [0.15, 0.2) is 0 Å². The number of nitrogen functional groups attached to an aromatic ring is 1. The van der Waals surface area contributed by atoms with Crippen molar-refractivity contribution in [2.45, 2.75) is 26.3 Å². The van der Waals surface area contributed by atoms with Crippen LogP contribution in [0.4, 0.5) is 5.95 Å². The fraction of sp³-hybridized carbons (Fsp3) is 0.462. The molecule has 0 spiro atoms. The molecular weight excluding hydrogens is 325 g/mol. The van der Waals surface area contributed by atoms with E-state index in [-0.39, 0.29) is 0 Å². The van der Waals surface area contributed by atoms with Crippen LogP contribution in [0.3, 0.4) is 0 Å². The molecule has 1 unspecified atom stereocenters. The molecule has 17 heavy (non-hydrogen) atoms. The highest BCUT2D eigenvalue weighted by Gasteiger charge is 2.28. The molecule has 1 atom stereocenters. The number of aromatic nitrogens is 2. The third kappa shape index (κ3) is 2.14. The molecule has 4 heteroatoms. The van der Waals surface area contributed by atoms with Gasteiger partial charge in [0.2, 0.25) is 5.95 Å². The molecule has 90 valence electrons. The number of benzene rings is 1. The molecule has 0 radical (unpaired) electrons. The van der Waals surface area contributed by atoms with E-state index in [2.05, 4.69) is 57.3 Å². The summed E-state index contributed by atoms with van der Waals surface area (Å²) in [5, 5.41) is 0. The zero-order chi connectivity index (χ0) is 12.0. The lowest BCUT2D eigenvalue weighted by molar-refractivity contribution is 0.439. The Balaban J connectivity index is 1.99. The molecule has 1 saturated carbocycles. The fourth-order valence-corrected chi connectivity index (χ4v) is 2.89. The third-order valence-corrected chi connectivity index (χ3v) is 4.31. The van der Waals surface area contributed by atoms with Gasteiger partial charge in [0.25, 0.3) is 0 Å². The molecule has 1 aromatic carbocycles. The summed E-state index contributed by atoms with van der Waals surface area (Å²) in [6, 6.07) is 6.33. The maximum atomic E-state index is 6.02. The number of anilines is 1. The lowest BCUT2D eigenvalue weighted by atomic mass is 10.1. The first-order chi connectivity index (χ1) is 8.15. The predicted octanol–water partition coefficient (Wildman–Crippen LogP) is 3.27. The quantitative estimate of drug-likeness (QED) is 0.871. The highest BCUT2D eigenvalue weighted by atomic mass is 127. The van der Waals surface area contributed by atoms with Crippen molar-refractivity contribution in [1.82, 2.24) is 9.55 Å². The number of imidazole rings is 1. The van der Waals surface area contributed by atoms with Gasteiger partial charge in [-0.1, -0.05) is 6.92 Å². The molecule has 2 N–H and O–H groups in total. The number of nitrogens with zero attached hydrogens (tertiary/aromatic N) is 2. The molecule has 1 aliphatic carbocycles. The van der Waals surface area contributed by atoms with Gasteiger partial charge in [0.1, 0.15) is 0 Å². The first-order valence-corrected chi connectivity index (χ1v) is 7.14. The maximum absolute atomic E-state index is 6.02. The van der Waals surface area contributed by atoms with Gasteiger partial charge in [-0.3, -0.25) is 0 Å². The molecule has 1 aliphatic rings. The van der Waals surface area contributed by atoms with E-state index in [1.807, 2.05) is 0 Å². The van der Waals surface area contributed by atoms with Crippen LogP contribution in [0.5, 0.6) is 0 Å². The summed E-state index contributed by atoms with van der Waals surface area (Å²) in [7, 11) is 0. The largest absolute Gasteiger partial charge is 0.369 e. The van der Waals surface area contributed by atoms with Crippen molar-refractivity contribution in [3.05, 3.63) is 21.8 Å². The molecule has 1 aromatic heterocycles. The number of hydrogen-bond acceptors (Lipinski definition) is 2.